The lowest BCUT2D eigenvalue weighted by Gasteiger charge is -2.15. The van der Waals surface area contributed by atoms with Gasteiger partial charge in [-0.25, -0.2) is 4.98 Å². The summed E-state index contributed by atoms with van der Waals surface area (Å²) in [5.41, 5.74) is 1.36. The summed E-state index contributed by atoms with van der Waals surface area (Å²) in [7, 11) is 1.78. The quantitative estimate of drug-likeness (QED) is 0.657. The number of hydrogen-bond donors (Lipinski definition) is 0. The van der Waals surface area contributed by atoms with Crippen molar-refractivity contribution >= 4 is 17.2 Å². The number of amides is 1. The zero-order valence-corrected chi connectivity index (χ0v) is 15.3. The molecule has 0 aliphatic rings. The highest BCUT2D eigenvalue weighted by Crippen LogP contribution is 2.26. The number of thiophene rings is 1. The van der Waals surface area contributed by atoms with Gasteiger partial charge in [0.1, 0.15) is 23.8 Å². The average Bonchev–Trinajstić information content (AvgIpc) is 3.28. The van der Waals surface area contributed by atoms with Gasteiger partial charge >= 0.3 is 0 Å². The molecule has 1 aromatic carbocycles. The van der Waals surface area contributed by atoms with Crippen LogP contribution >= 0.6 is 11.3 Å². The molecule has 0 unspecified atom stereocenters. The highest BCUT2D eigenvalue weighted by molar-refractivity contribution is 7.13. The van der Waals surface area contributed by atoms with Gasteiger partial charge in [-0.05, 0) is 43.5 Å². The van der Waals surface area contributed by atoms with Crippen LogP contribution in [0.5, 0.6) is 5.75 Å². The average molecular weight is 356 g/mol. The number of nitrogens with zero attached hydrogens (tertiary/aromatic N) is 2. The Kier molecular flexibility index (Phi) is 5.19. The minimum absolute atomic E-state index is 0.0226. The van der Waals surface area contributed by atoms with E-state index in [9.17, 15) is 4.79 Å². The summed E-state index contributed by atoms with van der Waals surface area (Å²) in [4.78, 5) is 19.4. The number of aryl methyl sites for hydroxylation is 1. The van der Waals surface area contributed by atoms with E-state index in [1.54, 1.807) is 35.4 Å². The molecule has 0 aliphatic carbocycles. The monoisotopic (exact) mass is 356 g/mol. The molecule has 0 radical (unpaired) electrons. The van der Waals surface area contributed by atoms with Crippen LogP contribution in [0.25, 0.3) is 10.8 Å². The maximum atomic E-state index is 12.2. The molecule has 0 fully saturated rings. The van der Waals surface area contributed by atoms with Gasteiger partial charge in [0.25, 0.3) is 5.91 Å². The molecule has 0 atom stereocenters. The van der Waals surface area contributed by atoms with E-state index < -0.39 is 0 Å². The van der Waals surface area contributed by atoms with Crippen LogP contribution in [0.4, 0.5) is 0 Å². The number of carbonyl (C=O) groups is 1. The Balaban J connectivity index is 1.71. The number of hydrogen-bond acceptors (Lipinski definition) is 5. The fraction of sp³-hybridized carbons (Fsp3) is 0.263. The normalized spacial score (nSPS) is 10.7. The number of aromatic nitrogens is 1. The molecule has 0 aliphatic heterocycles. The van der Waals surface area contributed by atoms with E-state index in [0.29, 0.717) is 30.4 Å². The topological polar surface area (TPSA) is 55.6 Å². The third-order valence-electron chi connectivity index (χ3n) is 3.90. The number of benzene rings is 1. The second kappa shape index (κ2) is 7.53. The number of oxazole rings is 1. The first-order valence-corrected chi connectivity index (χ1v) is 8.95. The third kappa shape index (κ3) is 3.91. The Morgan fingerprint density at radius 2 is 2.16 bits per heavy atom. The van der Waals surface area contributed by atoms with E-state index in [2.05, 4.69) is 4.98 Å². The largest absolute Gasteiger partial charge is 0.487 e. The predicted octanol–water partition coefficient (Wildman–Crippen LogP) is 4.38. The molecule has 2 aromatic heterocycles. The molecule has 2 heterocycles. The molecule has 6 heteroatoms. The second-order valence-corrected chi connectivity index (χ2v) is 6.58. The summed E-state index contributed by atoms with van der Waals surface area (Å²) in [6.45, 7) is 4.77. The molecule has 0 bridgehead atoms. The SMILES string of the molecule is CCN(C)C(=O)c1cccc(OCc2nc(-c3cccs3)oc2C)c1. The highest BCUT2D eigenvalue weighted by Gasteiger charge is 2.14. The molecule has 5 nitrogen and oxygen atoms in total. The van der Waals surface area contributed by atoms with Gasteiger partial charge in [0, 0.05) is 19.2 Å². The van der Waals surface area contributed by atoms with Crippen molar-refractivity contribution in [2.75, 3.05) is 13.6 Å². The van der Waals surface area contributed by atoms with Crippen molar-refractivity contribution in [2.45, 2.75) is 20.5 Å². The van der Waals surface area contributed by atoms with Crippen molar-refractivity contribution < 1.29 is 13.9 Å². The van der Waals surface area contributed by atoms with E-state index >= 15 is 0 Å². The summed E-state index contributed by atoms with van der Waals surface area (Å²) >= 11 is 1.58. The lowest BCUT2D eigenvalue weighted by molar-refractivity contribution is 0.0802. The Labute approximate surface area is 150 Å². The van der Waals surface area contributed by atoms with Crippen molar-refractivity contribution in [3.8, 4) is 16.5 Å². The first-order valence-electron chi connectivity index (χ1n) is 8.07. The molecule has 0 N–H and O–H groups in total. The predicted molar refractivity (Wildman–Crippen MR) is 98.0 cm³/mol. The van der Waals surface area contributed by atoms with Gasteiger partial charge in [0.15, 0.2) is 0 Å². The first-order chi connectivity index (χ1) is 12.1. The standard InChI is InChI=1S/C19H20N2O3S/c1-4-21(3)19(22)14-7-5-8-15(11-14)23-12-16-13(2)24-18(20-16)17-9-6-10-25-17/h5-11H,4,12H2,1-3H3. The Morgan fingerprint density at radius 3 is 2.88 bits per heavy atom. The molecule has 25 heavy (non-hydrogen) atoms. The van der Waals surface area contributed by atoms with E-state index in [4.69, 9.17) is 9.15 Å². The van der Waals surface area contributed by atoms with E-state index in [1.165, 1.54) is 0 Å². The van der Waals surface area contributed by atoms with Crippen LogP contribution in [0, 0.1) is 6.92 Å². The van der Waals surface area contributed by atoms with Gasteiger partial charge in [-0.15, -0.1) is 11.3 Å². The van der Waals surface area contributed by atoms with Crippen LogP contribution in [0.15, 0.2) is 46.2 Å². The number of carbonyl (C=O) groups excluding carboxylic acids is 1. The van der Waals surface area contributed by atoms with Crippen LogP contribution < -0.4 is 4.74 Å². The Morgan fingerprint density at radius 1 is 1.32 bits per heavy atom. The molecular formula is C19H20N2O3S. The first kappa shape index (κ1) is 17.2. The van der Waals surface area contributed by atoms with Gasteiger partial charge in [-0.3, -0.25) is 4.79 Å². The Hall–Kier alpha value is -2.60. The molecule has 3 rings (SSSR count). The maximum Gasteiger partial charge on any atom is 0.253 e. The zero-order chi connectivity index (χ0) is 17.8. The van der Waals surface area contributed by atoms with Crippen LogP contribution in [-0.2, 0) is 6.61 Å². The highest BCUT2D eigenvalue weighted by atomic mass is 32.1. The summed E-state index contributed by atoms with van der Waals surface area (Å²) in [6, 6.07) is 11.1. The van der Waals surface area contributed by atoms with Crippen molar-refractivity contribution in [1.29, 1.82) is 0 Å². The maximum absolute atomic E-state index is 12.2. The van der Waals surface area contributed by atoms with Crippen LogP contribution in [0.3, 0.4) is 0 Å². The zero-order valence-electron chi connectivity index (χ0n) is 14.5. The van der Waals surface area contributed by atoms with Crippen LogP contribution in [0.1, 0.15) is 28.7 Å². The lowest BCUT2D eigenvalue weighted by atomic mass is 10.2. The molecule has 0 spiro atoms. The summed E-state index contributed by atoms with van der Waals surface area (Å²) in [5.74, 6) is 1.96. The molecule has 3 aromatic rings. The molecule has 130 valence electrons. The van der Waals surface area contributed by atoms with E-state index in [0.717, 1.165) is 16.3 Å². The van der Waals surface area contributed by atoms with E-state index in [-0.39, 0.29) is 5.91 Å². The molecule has 0 saturated heterocycles. The van der Waals surface area contributed by atoms with Crippen molar-refractivity contribution in [3.05, 3.63) is 58.8 Å². The minimum atomic E-state index is -0.0226. The van der Waals surface area contributed by atoms with E-state index in [1.807, 2.05) is 43.5 Å². The Bertz CT molecular complexity index is 855. The molecular weight excluding hydrogens is 336 g/mol. The van der Waals surface area contributed by atoms with Crippen LogP contribution in [-0.4, -0.2) is 29.4 Å². The van der Waals surface area contributed by atoms with Gasteiger partial charge in [-0.2, -0.15) is 0 Å². The fourth-order valence-corrected chi connectivity index (χ4v) is 2.95. The second-order valence-electron chi connectivity index (χ2n) is 5.64. The van der Waals surface area contributed by atoms with Crippen LogP contribution in [0.2, 0.25) is 0 Å². The van der Waals surface area contributed by atoms with Crippen molar-refractivity contribution in [1.82, 2.24) is 9.88 Å². The number of rotatable bonds is 6. The summed E-state index contributed by atoms with van der Waals surface area (Å²) in [5, 5.41) is 1.99. The smallest absolute Gasteiger partial charge is 0.253 e. The lowest BCUT2D eigenvalue weighted by Crippen LogP contribution is -2.26. The molecule has 0 saturated carbocycles. The van der Waals surface area contributed by atoms with Gasteiger partial charge in [-0.1, -0.05) is 12.1 Å². The van der Waals surface area contributed by atoms with Crippen molar-refractivity contribution in [2.24, 2.45) is 0 Å². The fourth-order valence-electron chi connectivity index (χ4n) is 2.30. The summed E-state index contributed by atoms with van der Waals surface area (Å²) in [6.07, 6.45) is 0. The molecule has 1 amide bonds. The number of ether oxygens (including phenoxy) is 1. The third-order valence-corrected chi connectivity index (χ3v) is 4.76. The van der Waals surface area contributed by atoms with Gasteiger partial charge in [0.05, 0.1) is 4.88 Å². The van der Waals surface area contributed by atoms with Gasteiger partial charge < -0.3 is 14.1 Å². The van der Waals surface area contributed by atoms with Gasteiger partial charge in [0.2, 0.25) is 5.89 Å². The summed E-state index contributed by atoms with van der Waals surface area (Å²) < 4.78 is 11.5. The minimum Gasteiger partial charge on any atom is -0.487 e. The van der Waals surface area contributed by atoms with Crippen molar-refractivity contribution in [3.63, 3.8) is 0 Å².